The van der Waals surface area contributed by atoms with Crippen molar-refractivity contribution in [1.82, 2.24) is 13.7 Å². The van der Waals surface area contributed by atoms with Gasteiger partial charge in [-0.3, -0.25) is 42.5 Å². The Hall–Kier alpha value is -7.69. The fraction of sp³-hybridized carbons (Fsp3) is 0.0588. The van der Waals surface area contributed by atoms with E-state index in [0.717, 1.165) is 13.7 Å². The second kappa shape index (κ2) is 21.6. The second-order valence-corrected chi connectivity index (χ2v) is 15.1. The van der Waals surface area contributed by atoms with Crippen LogP contribution in [0.1, 0.15) is 31.1 Å². The minimum absolute atomic E-state index is 0. The van der Waals surface area contributed by atoms with E-state index in [2.05, 4.69) is 0 Å². The second-order valence-electron chi connectivity index (χ2n) is 15.1. The standard InChI is InChI=1S/3C17H10F3NO3.Eu/c3*18-17(19,20)15(23)13-14(22)11-8-4-5-9-12(11)21(16(13)24)10-6-2-1-3-7-10;/h3*1-9,22H;. The van der Waals surface area contributed by atoms with E-state index in [4.69, 9.17) is 0 Å². The summed E-state index contributed by atoms with van der Waals surface area (Å²) in [5, 5.41) is 30.2. The first kappa shape index (κ1) is 54.6. The smallest absolute Gasteiger partial charge is 0.455 e. The number of aromatic hydroxyl groups is 3. The molecule has 6 aromatic carbocycles. The maximum atomic E-state index is 12.8. The van der Waals surface area contributed by atoms with Crippen molar-refractivity contribution in [3.8, 4) is 34.3 Å². The van der Waals surface area contributed by atoms with E-state index in [1.807, 2.05) is 0 Å². The predicted molar refractivity (Wildman–Crippen MR) is 245 cm³/mol. The Balaban J connectivity index is 0.000000177. The zero-order chi connectivity index (χ0) is 52.4. The first-order chi connectivity index (χ1) is 34.0. The Bertz CT molecular complexity index is 3370. The van der Waals surface area contributed by atoms with Crippen LogP contribution >= 0.6 is 0 Å². The van der Waals surface area contributed by atoms with Gasteiger partial charge in [0.05, 0.1) is 16.6 Å². The summed E-state index contributed by atoms with van der Waals surface area (Å²) in [6.07, 6.45) is -15.8. The van der Waals surface area contributed by atoms with Gasteiger partial charge in [-0.05, 0) is 72.8 Å². The third-order valence-electron chi connectivity index (χ3n) is 10.7. The van der Waals surface area contributed by atoms with Crippen molar-refractivity contribution in [2.45, 2.75) is 18.5 Å². The summed E-state index contributed by atoms with van der Waals surface area (Å²) >= 11 is 0. The molecule has 3 N–H and O–H groups in total. The Morgan fingerprint density at radius 2 is 0.521 bits per heavy atom. The number of alkyl halides is 9. The maximum Gasteiger partial charge on any atom is 0.455 e. The molecular weight excluding hydrogens is 1120 g/mol. The molecule has 0 spiro atoms. The Labute approximate surface area is 443 Å². The van der Waals surface area contributed by atoms with Crippen molar-refractivity contribution < 1.29 is 119 Å². The van der Waals surface area contributed by atoms with Crippen LogP contribution in [0.15, 0.2) is 178 Å². The number of pyridine rings is 3. The van der Waals surface area contributed by atoms with Gasteiger partial charge in [-0.25, -0.2) is 0 Å². The van der Waals surface area contributed by atoms with Gasteiger partial charge in [-0.1, -0.05) is 91.0 Å². The van der Waals surface area contributed by atoms with Crippen LogP contribution in [0.3, 0.4) is 0 Å². The molecule has 9 aromatic rings. The van der Waals surface area contributed by atoms with Crippen LogP contribution in [0.2, 0.25) is 0 Å². The van der Waals surface area contributed by atoms with Gasteiger partial charge in [-0.2, -0.15) is 39.5 Å². The van der Waals surface area contributed by atoms with E-state index in [0.29, 0.717) is 0 Å². The molecule has 0 aliphatic carbocycles. The zero-order valence-corrected chi connectivity index (χ0v) is 38.9. The van der Waals surface area contributed by atoms with E-state index in [1.165, 1.54) is 91.0 Å². The molecule has 1 radical (unpaired) electrons. The fourth-order valence-electron chi connectivity index (χ4n) is 7.52. The van der Waals surface area contributed by atoms with Crippen molar-refractivity contribution in [3.63, 3.8) is 0 Å². The SMILES string of the molecule is O=C(c1c(O)c2ccccc2n(-c2ccccc2)c1=O)C(F)(F)F.O=C(c1c(O)c2ccccc2n(-c2ccccc2)c1=O)C(F)(F)F.O=C(c1c(O)c2ccccc2n(-c2ccccc2)c1=O)C(F)(F)F.[Eu]. The van der Waals surface area contributed by atoms with Crippen molar-refractivity contribution in [1.29, 1.82) is 0 Å². The number of halogens is 9. The molecule has 0 saturated carbocycles. The number of para-hydroxylation sites is 6. The number of carbonyl (C=O) groups is 3. The number of benzene rings is 6. The normalized spacial score (nSPS) is 11.5. The summed E-state index contributed by atoms with van der Waals surface area (Å²) in [6.45, 7) is 0. The van der Waals surface area contributed by atoms with Gasteiger partial charge in [0, 0.05) is 82.6 Å². The van der Waals surface area contributed by atoms with Crippen LogP contribution in [0.25, 0.3) is 49.8 Å². The molecule has 0 aliphatic heterocycles. The topological polar surface area (TPSA) is 178 Å². The van der Waals surface area contributed by atoms with Crippen LogP contribution in [0.4, 0.5) is 39.5 Å². The quantitative estimate of drug-likeness (QED) is 0.108. The molecular formula is C51H30EuF9N3O9. The van der Waals surface area contributed by atoms with Crippen LogP contribution in [0, 0.1) is 49.4 Å². The van der Waals surface area contributed by atoms with E-state index < -0.39 is 86.5 Å². The molecule has 0 unspecified atom stereocenters. The predicted octanol–water partition coefficient (Wildman–Crippen LogP) is 10.3. The first-order valence-electron chi connectivity index (χ1n) is 20.6. The van der Waals surface area contributed by atoms with Crippen molar-refractivity contribution in [3.05, 3.63) is 212 Å². The van der Waals surface area contributed by atoms with E-state index in [-0.39, 0.29) is 99.1 Å². The Morgan fingerprint density at radius 1 is 0.329 bits per heavy atom. The molecule has 0 fully saturated rings. The van der Waals surface area contributed by atoms with Crippen LogP contribution in [-0.4, -0.2) is 64.9 Å². The number of hydrogen-bond acceptors (Lipinski definition) is 9. The number of rotatable bonds is 6. The van der Waals surface area contributed by atoms with Crippen LogP contribution in [0.5, 0.6) is 17.2 Å². The molecule has 0 atom stereocenters. The molecule has 22 heteroatoms. The minimum atomic E-state index is -5.27. The van der Waals surface area contributed by atoms with Gasteiger partial charge < -0.3 is 15.3 Å². The van der Waals surface area contributed by atoms with Gasteiger partial charge in [0.1, 0.15) is 33.9 Å². The largest absolute Gasteiger partial charge is 0.506 e. The summed E-state index contributed by atoms with van der Waals surface area (Å²) in [5.74, 6) is -10.0. The number of fused-ring (bicyclic) bond motifs is 3. The van der Waals surface area contributed by atoms with E-state index in [9.17, 15) is 83.6 Å². The van der Waals surface area contributed by atoms with Crippen LogP contribution < -0.4 is 16.7 Å². The maximum absolute atomic E-state index is 12.8. The van der Waals surface area contributed by atoms with Crippen molar-refractivity contribution in [2.24, 2.45) is 0 Å². The number of ketones is 3. The van der Waals surface area contributed by atoms with Gasteiger partial charge >= 0.3 is 18.5 Å². The van der Waals surface area contributed by atoms with E-state index >= 15 is 0 Å². The van der Waals surface area contributed by atoms with Gasteiger partial charge in [0.25, 0.3) is 34.0 Å². The van der Waals surface area contributed by atoms with Crippen molar-refractivity contribution in [2.75, 3.05) is 0 Å². The average Bonchev–Trinajstić information content (AvgIpc) is 3.35. The van der Waals surface area contributed by atoms with Crippen molar-refractivity contribution >= 4 is 50.1 Å². The number of aromatic nitrogens is 3. The number of hydrogen-bond donors (Lipinski definition) is 3. The molecule has 0 amide bonds. The average molecular weight is 1150 g/mol. The third-order valence-corrected chi connectivity index (χ3v) is 10.7. The molecule has 373 valence electrons. The molecule has 3 aromatic heterocycles. The Morgan fingerprint density at radius 3 is 0.726 bits per heavy atom. The molecule has 0 saturated heterocycles. The summed E-state index contributed by atoms with van der Waals surface area (Å²) in [4.78, 5) is 72.6. The zero-order valence-electron chi connectivity index (χ0n) is 36.5. The molecule has 0 aliphatic rings. The number of nitrogens with zero attached hydrogens (tertiary/aromatic N) is 3. The Kier molecular flexibility index (Phi) is 16.2. The summed E-state index contributed by atoms with van der Waals surface area (Å²) in [7, 11) is 0. The van der Waals surface area contributed by atoms with E-state index in [1.54, 1.807) is 72.8 Å². The third kappa shape index (κ3) is 10.9. The molecule has 3 heterocycles. The summed E-state index contributed by atoms with van der Waals surface area (Å²) < 4.78 is 118. The minimum Gasteiger partial charge on any atom is -0.506 e. The van der Waals surface area contributed by atoms with Gasteiger partial charge in [-0.15, -0.1) is 0 Å². The van der Waals surface area contributed by atoms with Gasteiger partial charge in [0.15, 0.2) is 0 Å². The molecule has 73 heavy (non-hydrogen) atoms. The number of carbonyl (C=O) groups excluding carboxylic acids is 3. The molecule has 9 rings (SSSR count). The molecule has 0 bridgehead atoms. The van der Waals surface area contributed by atoms with Gasteiger partial charge in [0.2, 0.25) is 0 Å². The molecule has 12 nitrogen and oxygen atoms in total. The van der Waals surface area contributed by atoms with Crippen LogP contribution in [-0.2, 0) is 0 Å². The summed E-state index contributed by atoms with van der Waals surface area (Å²) in [6, 6.07) is 41.5. The fourth-order valence-corrected chi connectivity index (χ4v) is 7.52. The number of Topliss-reactive ketones (excluding diaryl/α,β-unsaturated/α-hetero) is 3. The summed E-state index contributed by atoms with van der Waals surface area (Å²) in [5.41, 5.74) is -6.07. The first-order valence-corrected chi connectivity index (χ1v) is 20.6. The monoisotopic (exact) mass is 1150 g/mol.